The molecule has 1 fully saturated rings. The molecular formula is C20H25N4O3S+. The number of hydrogen-bond acceptors (Lipinski definition) is 5. The maximum absolute atomic E-state index is 12.3. The van der Waals surface area contributed by atoms with Gasteiger partial charge in [-0.15, -0.1) is 11.3 Å². The van der Waals surface area contributed by atoms with Crippen molar-refractivity contribution in [1.29, 1.82) is 0 Å². The Bertz CT molecular complexity index is 890. The van der Waals surface area contributed by atoms with Crippen LogP contribution in [0.4, 0.5) is 4.79 Å². The number of ether oxygens (including phenoxy) is 1. The maximum Gasteiger partial charge on any atom is 0.337 e. The van der Waals surface area contributed by atoms with Crippen molar-refractivity contribution in [2.24, 2.45) is 0 Å². The average molecular weight is 402 g/mol. The second-order valence-electron chi connectivity index (χ2n) is 7.23. The maximum atomic E-state index is 12.3. The molecule has 28 heavy (non-hydrogen) atoms. The number of amides is 2. The summed E-state index contributed by atoms with van der Waals surface area (Å²) < 4.78 is 6.38. The van der Waals surface area contributed by atoms with Crippen LogP contribution in [0.25, 0.3) is 10.2 Å². The predicted octanol–water partition coefficient (Wildman–Crippen LogP) is 1.19. The summed E-state index contributed by atoms with van der Waals surface area (Å²) in [4.78, 5) is 30.2. The lowest BCUT2D eigenvalue weighted by molar-refractivity contribution is -0.901. The minimum atomic E-state index is -0.357. The predicted molar refractivity (Wildman–Crippen MR) is 107 cm³/mol. The topological polar surface area (TPSA) is 84.8 Å². The third-order valence-corrected chi connectivity index (χ3v) is 6.48. The van der Waals surface area contributed by atoms with Crippen molar-refractivity contribution in [3.05, 3.63) is 40.5 Å². The number of fused-ring (bicyclic) bond motifs is 1. The van der Waals surface area contributed by atoms with E-state index >= 15 is 0 Å². The lowest BCUT2D eigenvalue weighted by Gasteiger charge is -2.31. The van der Waals surface area contributed by atoms with Gasteiger partial charge in [0.25, 0.3) is 0 Å². The Hall–Kier alpha value is -2.45. The second-order valence-corrected chi connectivity index (χ2v) is 8.29. The molecule has 1 aromatic carbocycles. The Morgan fingerprint density at radius 2 is 2.25 bits per heavy atom. The van der Waals surface area contributed by atoms with Crippen molar-refractivity contribution in [2.75, 3.05) is 32.8 Å². The lowest BCUT2D eigenvalue weighted by Crippen LogP contribution is -3.13. The van der Waals surface area contributed by atoms with Gasteiger partial charge in [0.1, 0.15) is 11.6 Å². The molecule has 0 aliphatic carbocycles. The smallest absolute Gasteiger partial charge is 0.337 e. The van der Waals surface area contributed by atoms with E-state index in [1.807, 2.05) is 12.1 Å². The van der Waals surface area contributed by atoms with E-state index in [2.05, 4.69) is 22.8 Å². The summed E-state index contributed by atoms with van der Waals surface area (Å²) in [6, 6.07) is 7.98. The number of esters is 1. The van der Waals surface area contributed by atoms with Crippen LogP contribution in [0.3, 0.4) is 0 Å². The molecule has 0 radical (unpaired) electrons. The summed E-state index contributed by atoms with van der Waals surface area (Å²) in [5.41, 5.74) is 2.27. The van der Waals surface area contributed by atoms with Crippen molar-refractivity contribution in [1.82, 2.24) is 15.6 Å². The Morgan fingerprint density at radius 1 is 1.39 bits per heavy atom. The number of benzene rings is 1. The molecular weight excluding hydrogens is 376 g/mol. The lowest BCUT2D eigenvalue weighted by atomic mass is 9.98. The van der Waals surface area contributed by atoms with Crippen LogP contribution in [0.15, 0.2) is 35.5 Å². The van der Waals surface area contributed by atoms with Crippen LogP contribution >= 0.6 is 11.3 Å². The number of urea groups is 1. The molecule has 3 heterocycles. The van der Waals surface area contributed by atoms with Gasteiger partial charge in [0, 0.05) is 0 Å². The number of likely N-dealkylation sites (tertiary alicyclic amines) is 1. The van der Waals surface area contributed by atoms with Gasteiger partial charge >= 0.3 is 12.0 Å². The molecule has 8 heteroatoms. The molecule has 2 aliphatic rings. The zero-order chi connectivity index (χ0) is 19.5. The fourth-order valence-electron chi connectivity index (χ4n) is 3.93. The van der Waals surface area contributed by atoms with Crippen molar-refractivity contribution >= 4 is 33.6 Å². The van der Waals surface area contributed by atoms with Gasteiger partial charge in [-0.3, -0.25) is 0 Å². The van der Waals surface area contributed by atoms with E-state index in [9.17, 15) is 9.59 Å². The minimum Gasteiger partial charge on any atom is -0.463 e. The van der Waals surface area contributed by atoms with E-state index in [-0.39, 0.29) is 18.5 Å². The van der Waals surface area contributed by atoms with Crippen LogP contribution < -0.4 is 15.5 Å². The fraction of sp³-hybridized carbons (Fsp3) is 0.450. The van der Waals surface area contributed by atoms with Crippen LogP contribution in [-0.4, -0.2) is 49.8 Å². The van der Waals surface area contributed by atoms with E-state index in [4.69, 9.17) is 9.72 Å². The largest absolute Gasteiger partial charge is 0.463 e. The number of thiazole rings is 1. The molecule has 7 nitrogen and oxygen atoms in total. The summed E-state index contributed by atoms with van der Waals surface area (Å²) in [5, 5.41) is 6.67. The molecule has 1 unspecified atom stereocenters. The Morgan fingerprint density at radius 3 is 3.07 bits per heavy atom. The first-order valence-electron chi connectivity index (χ1n) is 9.77. The third kappa shape index (κ3) is 4.02. The van der Waals surface area contributed by atoms with E-state index < -0.39 is 0 Å². The van der Waals surface area contributed by atoms with Crippen molar-refractivity contribution in [2.45, 2.75) is 25.7 Å². The van der Waals surface area contributed by atoms with Gasteiger partial charge in [-0.25, -0.2) is 14.6 Å². The Labute approximate surface area is 167 Å². The third-order valence-electron chi connectivity index (χ3n) is 5.28. The van der Waals surface area contributed by atoms with E-state index in [0.29, 0.717) is 30.3 Å². The molecule has 148 valence electrons. The summed E-state index contributed by atoms with van der Waals surface area (Å²) in [6.45, 7) is 4.90. The molecule has 4 rings (SSSR count). The summed E-state index contributed by atoms with van der Waals surface area (Å²) in [6.07, 6.45) is 2.23. The van der Waals surface area contributed by atoms with Crippen molar-refractivity contribution in [3.63, 3.8) is 0 Å². The quantitative estimate of drug-likeness (QED) is 0.657. The van der Waals surface area contributed by atoms with Crippen LogP contribution in [0, 0.1) is 0 Å². The molecule has 2 aliphatic heterocycles. The van der Waals surface area contributed by atoms with E-state index in [1.165, 1.54) is 14.6 Å². The SMILES string of the molecule is CCOC(=O)C1=C(C[NH+]2CCC[C@@H](c3nc4ccccc4s3)C2)NC(=O)NC1. The Kier molecular flexibility index (Phi) is 5.59. The highest BCUT2D eigenvalue weighted by molar-refractivity contribution is 7.18. The molecule has 2 amide bonds. The van der Waals surface area contributed by atoms with Crippen molar-refractivity contribution in [3.8, 4) is 0 Å². The number of aromatic nitrogens is 1. The highest BCUT2D eigenvalue weighted by Crippen LogP contribution is 2.30. The van der Waals surface area contributed by atoms with E-state index in [1.54, 1.807) is 18.3 Å². The van der Waals surface area contributed by atoms with Crippen LogP contribution in [0.1, 0.15) is 30.7 Å². The number of quaternary nitrogens is 1. The summed E-state index contributed by atoms with van der Waals surface area (Å²) >= 11 is 1.77. The van der Waals surface area contributed by atoms with Gasteiger partial charge in [0.05, 0.1) is 53.6 Å². The minimum absolute atomic E-state index is 0.217. The molecule has 2 aromatic rings. The van der Waals surface area contributed by atoms with Gasteiger partial charge in [-0.1, -0.05) is 12.1 Å². The second kappa shape index (κ2) is 8.28. The van der Waals surface area contributed by atoms with Gasteiger partial charge < -0.3 is 20.3 Å². The highest BCUT2D eigenvalue weighted by Gasteiger charge is 2.31. The standard InChI is InChI=1S/C20H24N4O3S/c1-2-27-19(25)14-10-21-20(26)23-16(14)12-24-9-5-6-13(11-24)18-22-15-7-3-4-8-17(15)28-18/h3-4,7-8,13H,2,5-6,9-12H2,1H3,(H2,21,23,26)/p+1/t13-/m1/s1. The molecule has 0 saturated carbocycles. The molecule has 1 saturated heterocycles. The number of carbonyl (C=O) groups excluding carboxylic acids is 2. The number of carbonyl (C=O) groups is 2. The Balaban J connectivity index is 1.50. The van der Waals surface area contributed by atoms with Gasteiger partial charge in [0.2, 0.25) is 0 Å². The molecule has 2 atom stereocenters. The van der Waals surface area contributed by atoms with Gasteiger partial charge in [-0.2, -0.15) is 0 Å². The average Bonchev–Trinajstić information content (AvgIpc) is 3.13. The molecule has 1 aromatic heterocycles. The number of piperidine rings is 1. The number of para-hydroxylation sites is 1. The van der Waals surface area contributed by atoms with Gasteiger partial charge in [-0.05, 0) is 31.9 Å². The monoisotopic (exact) mass is 401 g/mol. The number of rotatable bonds is 5. The first-order chi connectivity index (χ1) is 13.6. The molecule has 0 spiro atoms. The van der Waals surface area contributed by atoms with Crippen LogP contribution in [0.2, 0.25) is 0 Å². The first-order valence-corrected chi connectivity index (χ1v) is 10.6. The van der Waals surface area contributed by atoms with Gasteiger partial charge in [0.15, 0.2) is 0 Å². The summed E-state index contributed by atoms with van der Waals surface area (Å²) in [7, 11) is 0. The molecule has 0 bridgehead atoms. The van der Waals surface area contributed by atoms with Crippen LogP contribution in [0.5, 0.6) is 0 Å². The molecule has 3 N–H and O–H groups in total. The number of nitrogens with zero attached hydrogens (tertiary/aromatic N) is 1. The highest BCUT2D eigenvalue weighted by atomic mass is 32.1. The van der Waals surface area contributed by atoms with Crippen LogP contribution in [-0.2, 0) is 9.53 Å². The van der Waals surface area contributed by atoms with E-state index in [0.717, 1.165) is 31.4 Å². The zero-order valence-electron chi connectivity index (χ0n) is 15.9. The number of nitrogens with one attached hydrogen (secondary N) is 3. The fourth-order valence-corrected chi connectivity index (χ4v) is 5.04. The first kappa shape index (κ1) is 18.9. The normalized spacial score (nSPS) is 22.7. The zero-order valence-corrected chi connectivity index (χ0v) is 16.7. The number of hydrogen-bond donors (Lipinski definition) is 3. The summed E-state index contributed by atoms with van der Waals surface area (Å²) in [5.74, 6) is 0.0503. The van der Waals surface area contributed by atoms with Crippen molar-refractivity contribution < 1.29 is 19.2 Å².